The molecule has 1 unspecified atom stereocenters. The second-order valence-corrected chi connectivity index (χ2v) is 8.52. The summed E-state index contributed by atoms with van der Waals surface area (Å²) in [4.78, 5) is 9.45. The Bertz CT molecular complexity index is 288. The molecule has 0 aliphatic carbocycles. The predicted octanol–water partition coefficient (Wildman–Crippen LogP) is 7.22. The topological polar surface area (TPSA) is 83.5 Å². The van der Waals surface area contributed by atoms with E-state index in [4.69, 9.17) is 15.9 Å². The molecule has 0 aliphatic heterocycles. The van der Waals surface area contributed by atoms with Crippen molar-refractivity contribution >= 4 is 5.97 Å². The third kappa shape index (κ3) is 32.3. The largest absolute Gasteiger partial charge is 0.479 e. The van der Waals surface area contributed by atoms with E-state index in [0.717, 1.165) is 6.54 Å². The Hall–Kier alpha value is -0.610. The van der Waals surface area contributed by atoms with Gasteiger partial charge in [0.15, 0.2) is 0 Å². The fourth-order valence-corrected chi connectivity index (χ4v) is 3.40. The first-order valence-electron chi connectivity index (χ1n) is 12.7. The highest BCUT2D eigenvalue weighted by molar-refractivity contribution is 5.71. The monoisotopic (exact) mass is 415 g/mol. The summed E-state index contributed by atoms with van der Waals surface area (Å²) in [7, 11) is 0. The maximum absolute atomic E-state index is 9.45. The molecule has 0 heterocycles. The van der Waals surface area contributed by atoms with Crippen LogP contribution in [0.25, 0.3) is 0 Å². The second kappa shape index (κ2) is 27.4. The smallest absolute Gasteiger partial charge is 0.332 e. The van der Waals surface area contributed by atoms with E-state index in [1.807, 2.05) is 0 Å². The van der Waals surface area contributed by atoms with Crippen molar-refractivity contribution in [2.45, 2.75) is 148 Å². The van der Waals surface area contributed by atoms with E-state index in [9.17, 15) is 4.79 Å². The third-order valence-corrected chi connectivity index (χ3v) is 5.42. The minimum absolute atomic E-state index is 0.874. The Morgan fingerprint density at radius 1 is 0.621 bits per heavy atom. The fourth-order valence-electron chi connectivity index (χ4n) is 3.40. The highest BCUT2D eigenvalue weighted by Crippen LogP contribution is 2.14. The van der Waals surface area contributed by atoms with E-state index >= 15 is 0 Å². The van der Waals surface area contributed by atoms with Crippen LogP contribution in [-0.4, -0.2) is 28.8 Å². The van der Waals surface area contributed by atoms with Crippen LogP contribution in [-0.2, 0) is 4.79 Å². The first-order chi connectivity index (χ1) is 14.1. The van der Waals surface area contributed by atoms with Crippen molar-refractivity contribution in [3.63, 3.8) is 0 Å². The summed E-state index contributed by atoms with van der Waals surface area (Å²) in [5, 5.41) is 15.8. The van der Waals surface area contributed by atoms with E-state index in [0.29, 0.717) is 0 Å². The van der Waals surface area contributed by atoms with Gasteiger partial charge < -0.3 is 15.9 Å². The zero-order chi connectivity index (χ0) is 22.0. The van der Waals surface area contributed by atoms with Crippen molar-refractivity contribution in [2.75, 3.05) is 6.54 Å². The van der Waals surface area contributed by atoms with Crippen molar-refractivity contribution < 1.29 is 15.0 Å². The lowest BCUT2D eigenvalue weighted by atomic mass is 10.0. The summed E-state index contributed by atoms with van der Waals surface area (Å²) in [6.07, 6.45) is 27.6. The van der Waals surface area contributed by atoms with Crippen molar-refractivity contribution in [3.8, 4) is 0 Å². The van der Waals surface area contributed by atoms with Gasteiger partial charge in [0.2, 0.25) is 0 Å². The Balaban J connectivity index is 0. The van der Waals surface area contributed by atoms with E-state index < -0.39 is 12.1 Å². The first kappa shape index (κ1) is 30.6. The molecule has 0 aromatic rings. The van der Waals surface area contributed by atoms with Crippen LogP contribution in [0.15, 0.2) is 0 Å². The molecule has 0 bridgehead atoms. The number of rotatable bonds is 21. The van der Waals surface area contributed by atoms with Crippen LogP contribution in [0.1, 0.15) is 142 Å². The molecule has 0 saturated heterocycles. The molecule has 0 saturated carbocycles. The third-order valence-electron chi connectivity index (χ3n) is 5.42. The maximum Gasteiger partial charge on any atom is 0.332 e. The van der Waals surface area contributed by atoms with Gasteiger partial charge in [-0.3, -0.25) is 0 Å². The summed E-state index contributed by atoms with van der Waals surface area (Å²) >= 11 is 0. The average molecular weight is 416 g/mol. The molecule has 0 aromatic heterocycles. The Kier molecular flexibility index (Phi) is 28.9. The molecular weight excluding hydrogens is 362 g/mol. The number of aliphatic carboxylic acids is 1. The minimum Gasteiger partial charge on any atom is -0.479 e. The molecule has 0 aliphatic rings. The van der Waals surface area contributed by atoms with Crippen LogP contribution in [0.3, 0.4) is 0 Å². The molecule has 0 spiro atoms. The van der Waals surface area contributed by atoms with E-state index in [1.165, 1.54) is 135 Å². The number of aliphatic hydroxyl groups is 1. The molecule has 0 amide bonds. The number of carbonyl (C=O) groups is 1. The predicted molar refractivity (Wildman–Crippen MR) is 126 cm³/mol. The molecule has 176 valence electrons. The Labute approximate surface area is 182 Å². The second-order valence-electron chi connectivity index (χ2n) is 8.52. The van der Waals surface area contributed by atoms with Crippen LogP contribution in [0.2, 0.25) is 0 Å². The van der Waals surface area contributed by atoms with Crippen LogP contribution in [0.4, 0.5) is 0 Å². The maximum atomic E-state index is 9.45. The lowest BCUT2D eigenvalue weighted by Crippen LogP contribution is -2.13. The number of hydrogen-bond donors (Lipinski definition) is 3. The van der Waals surface area contributed by atoms with Gasteiger partial charge in [-0.15, -0.1) is 0 Å². The molecule has 0 aromatic carbocycles. The quantitative estimate of drug-likeness (QED) is 0.173. The van der Waals surface area contributed by atoms with Gasteiger partial charge >= 0.3 is 5.97 Å². The summed E-state index contributed by atoms with van der Waals surface area (Å²) < 4.78 is 0. The summed E-state index contributed by atoms with van der Waals surface area (Å²) in [6.45, 7) is 4.37. The Morgan fingerprint density at radius 3 is 1.00 bits per heavy atom. The Morgan fingerprint density at radius 2 is 0.828 bits per heavy atom. The van der Waals surface area contributed by atoms with Gasteiger partial charge in [-0.1, -0.05) is 129 Å². The van der Waals surface area contributed by atoms with Crippen LogP contribution in [0, 0.1) is 0 Å². The molecule has 4 nitrogen and oxygen atoms in total. The molecule has 4 heteroatoms. The van der Waals surface area contributed by atoms with Crippen LogP contribution >= 0.6 is 0 Å². The van der Waals surface area contributed by atoms with Crippen LogP contribution < -0.4 is 5.73 Å². The summed E-state index contributed by atoms with van der Waals surface area (Å²) in [5.41, 5.74) is 5.51. The highest BCUT2D eigenvalue weighted by atomic mass is 16.4. The molecule has 29 heavy (non-hydrogen) atoms. The lowest BCUT2D eigenvalue weighted by Gasteiger charge is -2.04. The first-order valence-corrected chi connectivity index (χ1v) is 12.7. The number of hydrogen-bond acceptors (Lipinski definition) is 3. The number of carboxylic acids is 1. The number of aliphatic hydroxyl groups excluding tert-OH is 1. The van der Waals surface area contributed by atoms with E-state index in [-0.39, 0.29) is 0 Å². The molecular formula is C25H53NO3. The number of carboxylic acid groups (broad SMARTS) is 1. The van der Waals surface area contributed by atoms with Crippen molar-refractivity contribution in [1.29, 1.82) is 0 Å². The van der Waals surface area contributed by atoms with E-state index in [2.05, 4.69) is 6.92 Å². The number of unbranched alkanes of at least 4 members (excludes halogenated alkanes) is 19. The SMILES string of the molecule is CC(O)C(=O)O.CCCCCCCCCCCCCCCCCCCCCCN. The summed E-state index contributed by atoms with van der Waals surface area (Å²) in [6, 6.07) is 0. The molecule has 0 radical (unpaired) electrons. The minimum atomic E-state index is -1.23. The highest BCUT2D eigenvalue weighted by Gasteiger charge is 2.01. The summed E-state index contributed by atoms with van der Waals surface area (Å²) in [5.74, 6) is -1.19. The van der Waals surface area contributed by atoms with Gasteiger partial charge in [-0.2, -0.15) is 0 Å². The molecule has 1 atom stereocenters. The van der Waals surface area contributed by atoms with Crippen LogP contribution in [0.5, 0.6) is 0 Å². The lowest BCUT2D eigenvalue weighted by molar-refractivity contribution is -0.145. The van der Waals surface area contributed by atoms with Gasteiger partial charge in [0.05, 0.1) is 0 Å². The fraction of sp³-hybridized carbons (Fsp3) is 0.960. The zero-order valence-electron chi connectivity index (χ0n) is 19.8. The number of nitrogens with two attached hydrogens (primary N) is 1. The molecule has 0 fully saturated rings. The van der Waals surface area contributed by atoms with Gasteiger partial charge in [-0.05, 0) is 19.9 Å². The normalized spacial score (nSPS) is 11.7. The van der Waals surface area contributed by atoms with E-state index in [1.54, 1.807) is 0 Å². The van der Waals surface area contributed by atoms with Gasteiger partial charge in [0, 0.05) is 0 Å². The standard InChI is InChI=1S/C22H47N.C3H6O3/c1-2-3-4-5-6-7-8-9-10-11-12-13-14-15-16-17-18-19-20-21-22-23;1-2(4)3(5)6/h2-23H2,1H3;2,4H,1H3,(H,5,6). The zero-order valence-corrected chi connectivity index (χ0v) is 19.8. The van der Waals surface area contributed by atoms with Crippen molar-refractivity contribution in [3.05, 3.63) is 0 Å². The van der Waals surface area contributed by atoms with Crippen molar-refractivity contribution in [2.24, 2.45) is 5.73 Å². The van der Waals surface area contributed by atoms with Gasteiger partial charge in [0.1, 0.15) is 6.10 Å². The molecule has 0 rings (SSSR count). The van der Waals surface area contributed by atoms with Crippen molar-refractivity contribution in [1.82, 2.24) is 0 Å². The molecule has 4 N–H and O–H groups in total. The van der Waals surface area contributed by atoms with Gasteiger partial charge in [-0.25, -0.2) is 4.79 Å². The van der Waals surface area contributed by atoms with Gasteiger partial charge in [0.25, 0.3) is 0 Å². The average Bonchev–Trinajstić information content (AvgIpc) is 2.70.